The molecule has 2 aromatic carbocycles. The average Bonchev–Trinajstić information content (AvgIpc) is 2.44. The number of hydrogen-bond acceptors (Lipinski definition) is 2. The third-order valence-corrected chi connectivity index (χ3v) is 3.45. The van der Waals surface area contributed by atoms with Crippen molar-refractivity contribution in [3.8, 4) is 11.5 Å². The molecule has 102 valence electrons. The Balaban J connectivity index is 2.06. The third-order valence-electron chi connectivity index (χ3n) is 2.89. The minimum absolute atomic E-state index is 0.695. The van der Waals surface area contributed by atoms with E-state index in [1.54, 1.807) is 0 Å². The minimum atomic E-state index is 0.695. The number of ether oxygens (including phenoxy) is 2. The maximum absolute atomic E-state index is 5.74. The molecule has 0 fully saturated rings. The SMILES string of the molecule is CCOc1ccc2cc(OCCCCBr)ccc2c1. The first-order valence-electron chi connectivity index (χ1n) is 6.69. The maximum atomic E-state index is 5.74. The first-order valence-corrected chi connectivity index (χ1v) is 7.81. The fourth-order valence-corrected chi connectivity index (χ4v) is 2.33. The lowest BCUT2D eigenvalue weighted by Gasteiger charge is -2.08. The third kappa shape index (κ3) is 4.13. The van der Waals surface area contributed by atoms with Gasteiger partial charge >= 0.3 is 0 Å². The fraction of sp³-hybridized carbons (Fsp3) is 0.375. The summed E-state index contributed by atoms with van der Waals surface area (Å²) in [5.74, 6) is 1.85. The van der Waals surface area contributed by atoms with E-state index in [1.165, 1.54) is 10.8 Å². The first-order chi connectivity index (χ1) is 9.33. The largest absolute Gasteiger partial charge is 0.494 e. The van der Waals surface area contributed by atoms with Crippen molar-refractivity contribution >= 4 is 26.7 Å². The van der Waals surface area contributed by atoms with E-state index in [9.17, 15) is 0 Å². The second kappa shape index (κ2) is 7.39. The summed E-state index contributed by atoms with van der Waals surface area (Å²) >= 11 is 3.42. The molecule has 2 aromatic rings. The summed E-state index contributed by atoms with van der Waals surface area (Å²) in [5.41, 5.74) is 0. The van der Waals surface area contributed by atoms with Gasteiger partial charge in [-0.15, -0.1) is 0 Å². The topological polar surface area (TPSA) is 18.5 Å². The van der Waals surface area contributed by atoms with Crippen LogP contribution in [0.2, 0.25) is 0 Å². The molecule has 0 saturated heterocycles. The molecule has 0 aliphatic rings. The Morgan fingerprint density at radius 1 is 0.895 bits per heavy atom. The highest BCUT2D eigenvalue weighted by molar-refractivity contribution is 9.09. The molecule has 0 aliphatic carbocycles. The van der Waals surface area contributed by atoms with Crippen LogP contribution < -0.4 is 9.47 Å². The van der Waals surface area contributed by atoms with E-state index in [0.29, 0.717) is 6.61 Å². The van der Waals surface area contributed by atoms with E-state index in [0.717, 1.165) is 36.3 Å². The number of benzene rings is 2. The fourth-order valence-electron chi connectivity index (χ4n) is 1.93. The Morgan fingerprint density at radius 3 is 2.11 bits per heavy atom. The van der Waals surface area contributed by atoms with Crippen LogP contribution in [0.1, 0.15) is 19.8 Å². The van der Waals surface area contributed by atoms with Gasteiger partial charge in [0.25, 0.3) is 0 Å². The van der Waals surface area contributed by atoms with E-state index in [1.807, 2.05) is 19.1 Å². The number of halogens is 1. The van der Waals surface area contributed by atoms with Crippen molar-refractivity contribution in [1.29, 1.82) is 0 Å². The van der Waals surface area contributed by atoms with Gasteiger partial charge in [0.15, 0.2) is 0 Å². The maximum Gasteiger partial charge on any atom is 0.119 e. The summed E-state index contributed by atoms with van der Waals surface area (Å²) in [6, 6.07) is 12.3. The van der Waals surface area contributed by atoms with Crippen LogP contribution >= 0.6 is 15.9 Å². The highest BCUT2D eigenvalue weighted by Crippen LogP contribution is 2.25. The first kappa shape index (κ1) is 14.2. The lowest BCUT2D eigenvalue weighted by atomic mass is 10.1. The molecule has 0 aromatic heterocycles. The lowest BCUT2D eigenvalue weighted by Crippen LogP contribution is -1.97. The number of hydrogen-bond donors (Lipinski definition) is 0. The Hall–Kier alpha value is -1.22. The van der Waals surface area contributed by atoms with E-state index < -0.39 is 0 Å². The predicted octanol–water partition coefficient (Wildman–Crippen LogP) is 4.79. The molecule has 0 saturated carbocycles. The van der Waals surface area contributed by atoms with Gasteiger partial charge in [-0.1, -0.05) is 28.1 Å². The zero-order valence-electron chi connectivity index (χ0n) is 11.2. The zero-order valence-corrected chi connectivity index (χ0v) is 12.8. The molecule has 0 radical (unpaired) electrons. The highest BCUT2D eigenvalue weighted by Gasteiger charge is 2.00. The van der Waals surface area contributed by atoms with Gasteiger partial charge in [0.1, 0.15) is 11.5 Å². The van der Waals surface area contributed by atoms with Crippen LogP contribution in [0.3, 0.4) is 0 Å². The molecule has 0 N–H and O–H groups in total. The average molecular weight is 323 g/mol. The molecule has 2 nitrogen and oxygen atoms in total. The van der Waals surface area contributed by atoms with Crippen LogP contribution in [-0.2, 0) is 0 Å². The summed E-state index contributed by atoms with van der Waals surface area (Å²) in [4.78, 5) is 0. The summed E-state index contributed by atoms with van der Waals surface area (Å²) in [6.07, 6.45) is 2.22. The standard InChI is InChI=1S/C16H19BrO2/c1-2-18-15-7-5-14-12-16(8-6-13(14)11-15)19-10-4-3-9-17/h5-8,11-12H,2-4,9-10H2,1H3. The molecule has 0 atom stereocenters. The molecule has 2 rings (SSSR count). The second-order valence-corrected chi connectivity index (χ2v) is 5.14. The highest BCUT2D eigenvalue weighted by atomic mass is 79.9. The summed E-state index contributed by atoms with van der Waals surface area (Å²) in [7, 11) is 0. The van der Waals surface area contributed by atoms with Crippen molar-refractivity contribution in [2.24, 2.45) is 0 Å². The molecule has 0 spiro atoms. The van der Waals surface area contributed by atoms with E-state index in [-0.39, 0.29) is 0 Å². The van der Waals surface area contributed by atoms with Crippen molar-refractivity contribution < 1.29 is 9.47 Å². The van der Waals surface area contributed by atoms with Crippen molar-refractivity contribution in [3.05, 3.63) is 36.4 Å². The van der Waals surface area contributed by atoms with Gasteiger partial charge < -0.3 is 9.47 Å². The Labute approximate surface area is 122 Å². The number of unbranched alkanes of at least 4 members (excludes halogenated alkanes) is 1. The monoisotopic (exact) mass is 322 g/mol. The number of alkyl halides is 1. The Morgan fingerprint density at radius 2 is 1.53 bits per heavy atom. The molecular weight excluding hydrogens is 304 g/mol. The Bertz CT molecular complexity index is 525. The van der Waals surface area contributed by atoms with Gasteiger partial charge in [0, 0.05) is 5.33 Å². The molecule has 0 heterocycles. The van der Waals surface area contributed by atoms with Crippen molar-refractivity contribution in [3.63, 3.8) is 0 Å². The van der Waals surface area contributed by atoms with Crippen LogP contribution in [0, 0.1) is 0 Å². The molecular formula is C16H19BrO2. The smallest absolute Gasteiger partial charge is 0.119 e. The minimum Gasteiger partial charge on any atom is -0.494 e. The normalized spacial score (nSPS) is 10.6. The summed E-state index contributed by atoms with van der Waals surface area (Å²) in [5, 5.41) is 3.40. The van der Waals surface area contributed by atoms with E-state index >= 15 is 0 Å². The van der Waals surface area contributed by atoms with Gasteiger partial charge in [-0.05, 0) is 54.8 Å². The molecule has 0 aliphatic heterocycles. The van der Waals surface area contributed by atoms with Crippen molar-refractivity contribution in [2.75, 3.05) is 18.5 Å². The molecule has 0 bridgehead atoms. The predicted molar refractivity (Wildman–Crippen MR) is 83.6 cm³/mol. The zero-order chi connectivity index (χ0) is 13.5. The van der Waals surface area contributed by atoms with Crippen LogP contribution in [-0.4, -0.2) is 18.5 Å². The van der Waals surface area contributed by atoms with Gasteiger partial charge in [-0.2, -0.15) is 0 Å². The number of fused-ring (bicyclic) bond motifs is 1. The van der Waals surface area contributed by atoms with E-state index in [4.69, 9.17) is 9.47 Å². The summed E-state index contributed by atoms with van der Waals surface area (Å²) < 4.78 is 11.2. The van der Waals surface area contributed by atoms with E-state index in [2.05, 4.69) is 40.2 Å². The van der Waals surface area contributed by atoms with Crippen molar-refractivity contribution in [2.45, 2.75) is 19.8 Å². The lowest BCUT2D eigenvalue weighted by molar-refractivity contribution is 0.310. The van der Waals surface area contributed by atoms with Crippen molar-refractivity contribution in [1.82, 2.24) is 0 Å². The van der Waals surface area contributed by atoms with Gasteiger partial charge in [0.05, 0.1) is 13.2 Å². The molecule has 3 heteroatoms. The molecule has 0 amide bonds. The second-order valence-electron chi connectivity index (χ2n) is 4.35. The van der Waals surface area contributed by atoms with Crippen LogP contribution in [0.5, 0.6) is 11.5 Å². The van der Waals surface area contributed by atoms with Gasteiger partial charge in [-0.3, -0.25) is 0 Å². The molecule has 19 heavy (non-hydrogen) atoms. The summed E-state index contributed by atoms with van der Waals surface area (Å²) in [6.45, 7) is 3.46. The van der Waals surface area contributed by atoms with Crippen LogP contribution in [0.25, 0.3) is 10.8 Å². The number of rotatable bonds is 7. The van der Waals surface area contributed by atoms with Crippen LogP contribution in [0.15, 0.2) is 36.4 Å². The van der Waals surface area contributed by atoms with Crippen LogP contribution in [0.4, 0.5) is 0 Å². The van der Waals surface area contributed by atoms with Gasteiger partial charge in [0.2, 0.25) is 0 Å². The van der Waals surface area contributed by atoms with Gasteiger partial charge in [-0.25, -0.2) is 0 Å². The Kier molecular flexibility index (Phi) is 5.52. The quantitative estimate of drug-likeness (QED) is 0.539. The molecule has 0 unspecified atom stereocenters.